The highest BCUT2D eigenvalue weighted by molar-refractivity contribution is 7.89. The molecule has 0 aliphatic carbocycles. The molecule has 1 saturated heterocycles. The molecule has 0 unspecified atom stereocenters. The van der Waals surface area contributed by atoms with Crippen LogP contribution in [0.25, 0.3) is 0 Å². The molecule has 0 radical (unpaired) electrons. The Kier molecular flexibility index (Phi) is 6.27. The number of rotatable bonds is 5. The Hall–Kier alpha value is -2.80. The average molecular weight is 416 g/mol. The molecule has 1 fully saturated rings. The SMILES string of the molecule is C[C@@H](C(=O)Nc1cccc(C#N)c1)N1CCN(S(=O)(=O)c2ccc(F)cc2)CC1. The van der Waals surface area contributed by atoms with Crippen LogP contribution in [0.1, 0.15) is 12.5 Å². The molecule has 1 aliphatic rings. The second-order valence-corrected chi connectivity index (χ2v) is 8.69. The molecular formula is C20H21FN4O3S. The molecule has 152 valence electrons. The van der Waals surface area contributed by atoms with Gasteiger partial charge < -0.3 is 5.32 Å². The normalized spacial score (nSPS) is 16.7. The Bertz CT molecular complexity index is 1030. The van der Waals surface area contributed by atoms with Crippen molar-refractivity contribution in [3.63, 3.8) is 0 Å². The van der Waals surface area contributed by atoms with Gasteiger partial charge in [-0.25, -0.2) is 12.8 Å². The number of carbonyl (C=O) groups excluding carboxylic acids is 1. The highest BCUT2D eigenvalue weighted by atomic mass is 32.2. The molecule has 0 saturated carbocycles. The predicted octanol–water partition coefficient (Wildman–Crippen LogP) is 2.03. The first-order valence-electron chi connectivity index (χ1n) is 9.12. The van der Waals surface area contributed by atoms with Gasteiger partial charge in [-0.15, -0.1) is 0 Å². The third-order valence-electron chi connectivity index (χ3n) is 4.91. The minimum atomic E-state index is -3.70. The number of nitrogens with one attached hydrogen (secondary N) is 1. The monoisotopic (exact) mass is 416 g/mol. The van der Waals surface area contributed by atoms with Crippen molar-refractivity contribution in [1.82, 2.24) is 9.21 Å². The molecule has 2 aromatic rings. The number of anilines is 1. The number of sulfonamides is 1. The van der Waals surface area contributed by atoms with E-state index in [1.807, 2.05) is 11.0 Å². The summed E-state index contributed by atoms with van der Waals surface area (Å²) < 4.78 is 39.8. The van der Waals surface area contributed by atoms with E-state index < -0.39 is 21.9 Å². The molecule has 1 aliphatic heterocycles. The van der Waals surface area contributed by atoms with E-state index in [-0.39, 0.29) is 23.9 Å². The molecule has 0 aromatic heterocycles. The van der Waals surface area contributed by atoms with Crippen LogP contribution in [0.3, 0.4) is 0 Å². The Labute approximate surface area is 169 Å². The lowest BCUT2D eigenvalue weighted by molar-refractivity contribution is -0.121. The van der Waals surface area contributed by atoms with E-state index >= 15 is 0 Å². The minimum Gasteiger partial charge on any atom is -0.325 e. The molecule has 7 nitrogen and oxygen atoms in total. The summed E-state index contributed by atoms with van der Waals surface area (Å²) in [5, 5.41) is 11.7. The zero-order valence-corrected chi connectivity index (χ0v) is 16.7. The number of piperazine rings is 1. The largest absolute Gasteiger partial charge is 0.325 e. The zero-order chi connectivity index (χ0) is 21.0. The van der Waals surface area contributed by atoms with Crippen LogP contribution in [0.2, 0.25) is 0 Å². The smallest absolute Gasteiger partial charge is 0.243 e. The van der Waals surface area contributed by atoms with Gasteiger partial charge in [0, 0.05) is 31.9 Å². The Morgan fingerprint density at radius 1 is 1.14 bits per heavy atom. The number of hydrogen-bond donors (Lipinski definition) is 1. The maximum Gasteiger partial charge on any atom is 0.243 e. The summed E-state index contributed by atoms with van der Waals surface area (Å²) in [6, 6.07) is 13.0. The fourth-order valence-corrected chi connectivity index (χ4v) is 4.59. The first-order valence-corrected chi connectivity index (χ1v) is 10.6. The van der Waals surface area contributed by atoms with Crippen LogP contribution in [0.5, 0.6) is 0 Å². The van der Waals surface area contributed by atoms with Crippen molar-refractivity contribution in [2.75, 3.05) is 31.5 Å². The van der Waals surface area contributed by atoms with Crippen LogP contribution in [0.4, 0.5) is 10.1 Å². The fourth-order valence-electron chi connectivity index (χ4n) is 3.17. The molecule has 0 bridgehead atoms. The van der Waals surface area contributed by atoms with E-state index in [9.17, 15) is 17.6 Å². The summed E-state index contributed by atoms with van der Waals surface area (Å²) in [7, 11) is -3.70. The molecule has 9 heteroatoms. The van der Waals surface area contributed by atoms with Crippen LogP contribution >= 0.6 is 0 Å². The third kappa shape index (κ3) is 4.79. The number of carbonyl (C=O) groups is 1. The summed E-state index contributed by atoms with van der Waals surface area (Å²) in [6.45, 7) is 3.02. The summed E-state index contributed by atoms with van der Waals surface area (Å²) in [5.41, 5.74) is 0.994. The van der Waals surface area contributed by atoms with Crippen molar-refractivity contribution < 1.29 is 17.6 Å². The number of hydrogen-bond acceptors (Lipinski definition) is 5. The van der Waals surface area contributed by atoms with Gasteiger partial charge in [0.1, 0.15) is 5.82 Å². The third-order valence-corrected chi connectivity index (χ3v) is 6.82. The van der Waals surface area contributed by atoms with Crippen molar-refractivity contribution in [3.05, 3.63) is 59.9 Å². The zero-order valence-electron chi connectivity index (χ0n) is 15.9. The lowest BCUT2D eigenvalue weighted by Gasteiger charge is -2.36. The minimum absolute atomic E-state index is 0.0514. The van der Waals surface area contributed by atoms with Crippen molar-refractivity contribution in [2.45, 2.75) is 17.9 Å². The molecule has 0 spiro atoms. The number of benzene rings is 2. The van der Waals surface area contributed by atoms with Gasteiger partial charge in [-0.2, -0.15) is 9.57 Å². The highest BCUT2D eigenvalue weighted by Crippen LogP contribution is 2.19. The molecule has 1 amide bonds. The molecule has 1 atom stereocenters. The van der Waals surface area contributed by atoms with Crippen LogP contribution in [0, 0.1) is 17.1 Å². The number of halogens is 1. The quantitative estimate of drug-likeness (QED) is 0.805. The van der Waals surface area contributed by atoms with E-state index in [0.29, 0.717) is 24.3 Å². The predicted molar refractivity (Wildman–Crippen MR) is 106 cm³/mol. The standard InChI is InChI=1S/C20H21FN4O3S/c1-15(20(26)23-18-4-2-3-16(13-18)14-22)24-9-11-25(12-10-24)29(27,28)19-7-5-17(21)6-8-19/h2-8,13,15H,9-12H2,1H3,(H,23,26)/t15-/m0/s1. The number of amides is 1. The Balaban J connectivity index is 1.60. The highest BCUT2D eigenvalue weighted by Gasteiger charge is 2.31. The van der Waals surface area contributed by atoms with Crippen molar-refractivity contribution >= 4 is 21.6 Å². The summed E-state index contributed by atoms with van der Waals surface area (Å²) in [4.78, 5) is 14.5. The maximum atomic E-state index is 13.1. The second-order valence-electron chi connectivity index (χ2n) is 6.75. The molecule has 1 N–H and O–H groups in total. The summed E-state index contributed by atoms with van der Waals surface area (Å²) in [5.74, 6) is -0.719. The molecular weight excluding hydrogens is 395 g/mol. The first kappa shape index (κ1) is 20.9. The molecule has 1 heterocycles. The van der Waals surface area contributed by atoms with Crippen LogP contribution in [-0.2, 0) is 14.8 Å². The van der Waals surface area contributed by atoms with Gasteiger partial charge in [-0.3, -0.25) is 9.69 Å². The molecule has 2 aromatic carbocycles. The Morgan fingerprint density at radius 2 is 1.79 bits per heavy atom. The average Bonchev–Trinajstić information content (AvgIpc) is 2.73. The van der Waals surface area contributed by atoms with E-state index in [0.717, 1.165) is 12.1 Å². The first-order chi connectivity index (χ1) is 13.8. The van der Waals surface area contributed by atoms with Crippen LogP contribution in [-0.4, -0.2) is 55.8 Å². The summed E-state index contributed by atoms with van der Waals surface area (Å²) >= 11 is 0. The van der Waals surface area contributed by atoms with Crippen molar-refractivity contribution in [1.29, 1.82) is 5.26 Å². The maximum absolute atomic E-state index is 13.1. The lowest BCUT2D eigenvalue weighted by atomic mass is 10.2. The van der Waals surface area contributed by atoms with E-state index in [1.165, 1.54) is 16.4 Å². The number of nitrogens with zero attached hydrogens (tertiary/aromatic N) is 3. The van der Waals surface area contributed by atoms with E-state index in [4.69, 9.17) is 5.26 Å². The van der Waals surface area contributed by atoms with Crippen molar-refractivity contribution in [3.8, 4) is 6.07 Å². The van der Waals surface area contributed by atoms with E-state index in [2.05, 4.69) is 5.32 Å². The number of nitriles is 1. The van der Waals surface area contributed by atoms with Crippen LogP contribution < -0.4 is 5.32 Å². The lowest BCUT2D eigenvalue weighted by Crippen LogP contribution is -2.53. The molecule has 29 heavy (non-hydrogen) atoms. The van der Waals surface area contributed by atoms with Gasteiger partial charge in [0.25, 0.3) is 0 Å². The van der Waals surface area contributed by atoms with Gasteiger partial charge >= 0.3 is 0 Å². The molecule has 3 rings (SSSR count). The second kappa shape index (κ2) is 8.69. The Morgan fingerprint density at radius 3 is 2.41 bits per heavy atom. The van der Waals surface area contributed by atoms with Gasteiger partial charge in [0.15, 0.2) is 0 Å². The van der Waals surface area contributed by atoms with Crippen LogP contribution in [0.15, 0.2) is 53.4 Å². The van der Waals surface area contributed by atoms with Gasteiger partial charge in [-0.05, 0) is 49.4 Å². The van der Waals surface area contributed by atoms with E-state index in [1.54, 1.807) is 31.2 Å². The summed E-state index contributed by atoms with van der Waals surface area (Å²) in [6.07, 6.45) is 0. The van der Waals surface area contributed by atoms with Gasteiger partial charge in [-0.1, -0.05) is 6.07 Å². The van der Waals surface area contributed by atoms with Gasteiger partial charge in [0.2, 0.25) is 15.9 Å². The fraction of sp³-hybridized carbons (Fsp3) is 0.300. The van der Waals surface area contributed by atoms with Crippen molar-refractivity contribution in [2.24, 2.45) is 0 Å². The topological polar surface area (TPSA) is 93.5 Å². The van der Waals surface area contributed by atoms with Gasteiger partial charge in [0.05, 0.1) is 22.6 Å².